The van der Waals surface area contributed by atoms with Crippen LogP contribution in [0.15, 0.2) is 22.7 Å². The fourth-order valence-corrected chi connectivity index (χ4v) is 2.56. The summed E-state index contributed by atoms with van der Waals surface area (Å²) in [5.74, 6) is 1.07. The van der Waals surface area contributed by atoms with Gasteiger partial charge >= 0.3 is 0 Å². The molecule has 0 spiro atoms. The zero-order valence-corrected chi connectivity index (χ0v) is 11.5. The molecule has 2 atom stereocenters. The second-order valence-electron chi connectivity index (χ2n) is 4.27. The van der Waals surface area contributed by atoms with Gasteiger partial charge in [-0.05, 0) is 46.5 Å². The molecule has 1 heterocycles. The van der Waals surface area contributed by atoms with Crippen molar-refractivity contribution in [1.29, 1.82) is 0 Å². The molecule has 1 aromatic rings. The molecule has 17 heavy (non-hydrogen) atoms. The smallest absolute Gasteiger partial charge is 0.191 e. The Labute approximate surface area is 109 Å². The lowest BCUT2D eigenvalue weighted by Crippen LogP contribution is -2.25. The monoisotopic (exact) mass is 298 g/mol. The van der Waals surface area contributed by atoms with Crippen LogP contribution in [-0.4, -0.2) is 25.6 Å². The van der Waals surface area contributed by atoms with E-state index in [1.165, 1.54) is 0 Å². The highest BCUT2D eigenvalue weighted by molar-refractivity contribution is 9.10. The highest BCUT2D eigenvalue weighted by Gasteiger charge is 2.31. The summed E-state index contributed by atoms with van der Waals surface area (Å²) < 4.78 is 11.4. The fourth-order valence-electron chi connectivity index (χ4n) is 2.01. The lowest BCUT2D eigenvalue weighted by Gasteiger charge is -2.14. The zero-order chi connectivity index (χ0) is 12.4. The number of hydrogen-bond acceptors (Lipinski definition) is 3. The van der Waals surface area contributed by atoms with Gasteiger partial charge in [-0.15, -0.1) is 0 Å². The van der Waals surface area contributed by atoms with E-state index in [1.54, 1.807) is 25.3 Å². The van der Waals surface area contributed by atoms with Crippen LogP contribution in [0.4, 0.5) is 0 Å². The van der Waals surface area contributed by atoms with Gasteiger partial charge in [0.05, 0.1) is 11.6 Å². The van der Waals surface area contributed by atoms with Crippen molar-refractivity contribution >= 4 is 21.7 Å². The predicted molar refractivity (Wildman–Crippen MR) is 68.5 cm³/mol. The number of carbonyl (C=O) groups is 1. The normalized spacial score (nSPS) is 23.7. The molecule has 0 bridgehead atoms. The molecule has 0 aliphatic carbocycles. The third-order valence-corrected chi connectivity index (χ3v) is 3.70. The van der Waals surface area contributed by atoms with E-state index in [-0.39, 0.29) is 11.9 Å². The van der Waals surface area contributed by atoms with Crippen molar-refractivity contribution in [3.8, 4) is 5.75 Å². The lowest BCUT2D eigenvalue weighted by atomic mass is 9.96. The van der Waals surface area contributed by atoms with Crippen molar-refractivity contribution < 1.29 is 14.3 Å². The van der Waals surface area contributed by atoms with E-state index in [1.807, 2.05) is 6.92 Å². The first kappa shape index (κ1) is 12.6. The summed E-state index contributed by atoms with van der Waals surface area (Å²) in [5.41, 5.74) is 0.663. The van der Waals surface area contributed by atoms with Gasteiger partial charge in [0.2, 0.25) is 0 Å². The average molecular weight is 299 g/mol. The molecule has 2 unspecified atom stereocenters. The fraction of sp³-hybridized carbons (Fsp3) is 0.462. The van der Waals surface area contributed by atoms with E-state index in [2.05, 4.69) is 15.9 Å². The summed E-state index contributed by atoms with van der Waals surface area (Å²) in [7, 11) is 1.60. The number of Topliss-reactive ketones (excluding diaryl/α,β-unsaturated/α-hetero) is 1. The van der Waals surface area contributed by atoms with Gasteiger partial charge in [0, 0.05) is 12.2 Å². The molecule has 1 aromatic carbocycles. The van der Waals surface area contributed by atoms with E-state index in [0.717, 1.165) is 16.6 Å². The van der Waals surface area contributed by atoms with E-state index in [4.69, 9.17) is 9.47 Å². The second kappa shape index (κ2) is 5.19. The number of halogens is 1. The second-order valence-corrected chi connectivity index (χ2v) is 5.13. The first-order valence-electron chi connectivity index (χ1n) is 5.63. The molecule has 2 rings (SSSR count). The maximum atomic E-state index is 12.2. The molecule has 92 valence electrons. The summed E-state index contributed by atoms with van der Waals surface area (Å²) in [5, 5.41) is 0. The van der Waals surface area contributed by atoms with Crippen molar-refractivity contribution in [2.45, 2.75) is 19.4 Å². The van der Waals surface area contributed by atoms with E-state index >= 15 is 0 Å². The minimum absolute atomic E-state index is 0.0540. The highest BCUT2D eigenvalue weighted by atomic mass is 79.9. The topological polar surface area (TPSA) is 35.5 Å². The van der Waals surface area contributed by atoms with Crippen LogP contribution in [0.25, 0.3) is 0 Å². The Bertz CT molecular complexity index is 431. The molecule has 0 N–H and O–H groups in total. The molecule has 0 saturated carbocycles. The summed E-state index contributed by atoms with van der Waals surface area (Å²) in [6.07, 6.45) is 0.656. The summed E-state index contributed by atoms with van der Waals surface area (Å²) >= 11 is 3.38. The number of rotatable bonds is 3. The first-order valence-corrected chi connectivity index (χ1v) is 6.42. The van der Waals surface area contributed by atoms with Crippen LogP contribution >= 0.6 is 15.9 Å². The Morgan fingerprint density at radius 1 is 1.53 bits per heavy atom. The molecule has 1 fully saturated rings. The Balaban J connectivity index is 2.22. The Morgan fingerprint density at radius 2 is 2.29 bits per heavy atom. The van der Waals surface area contributed by atoms with Gasteiger partial charge in [-0.3, -0.25) is 4.79 Å². The predicted octanol–water partition coefficient (Wildman–Crippen LogP) is 3.07. The largest absolute Gasteiger partial charge is 0.496 e. The number of ketones is 1. The Hall–Kier alpha value is -0.870. The first-order chi connectivity index (χ1) is 8.13. The maximum absolute atomic E-state index is 12.2. The molecule has 0 radical (unpaired) electrons. The van der Waals surface area contributed by atoms with Crippen LogP contribution in [0.1, 0.15) is 23.7 Å². The van der Waals surface area contributed by atoms with Gasteiger partial charge in [-0.25, -0.2) is 0 Å². The molecule has 4 heteroatoms. The molecule has 0 aromatic heterocycles. The number of methoxy groups -OCH3 is 1. The molecular formula is C13H15BrO3. The van der Waals surface area contributed by atoms with Crippen LogP contribution in [0.2, 0.25) is 0 Å². The highest BCUT2D eigenvalue weighted by Crippen LogP contribution is 2.28. The minimum Gasteiger partial charge on any atom is -0.496 e. The molecule has 3 nitrogen and oxygen atoms in total. The summed E-state index contributed by atoms with van der Waals surface area (Å²) in [6.45, 7) is 2.73. The molecule has 1 aliphatic heterocycles. The van der Waals surface area contributed by atoms with Gasteiger partial charge in [-0.1, -0.05) is 6.92 Å². The van der Waals surface area contributed by atoms with Crippen molar-refractivity contribution in [2.24, 2.45) is 5.92 Å². The molecule has 1 saturated heterocycles. The Morgan fingerprint density at radius 3 is 2.82 bits per heavy atom. The van der Waals surface area contributed by atoms with Gasteiger partial charge in [-0.2, -0.15) is 0 Å². The van der Waals surface area contributed by atoms with Crippen LogP contribution < -0.4 is 4.74 Å². The van der Waals surface area contributed by atoms with E-state index in [0.29, 0.717) is 18.1 Å². The standard InChI is InChI=1S/C13H15BrO3/c1-8-5-6-17-13(8)12(15)9-3-4-11(16-2)10(14)7-9/h3-4,7-8,13H,5-6H2,1-2H3. The third kappa shape index (κ3) is 2.53. The number of carbonyl (C=O) groups excluding carboxylic acids is 1. The van der Waals surface area contributed by atoms with Crippen LogP contribution in [-0.2, 0) is 4.74 Å². The van der Waals surface area contributed by atoms with Crippen molar-refractivity contribution in [1.82, 2.24) is 0 Å². The van der Waals surface area contributed by atoms with Crippen molar-refractivity contribution in [3.63, 3.8) is 0 Å². The van der Waals surface area contributed by atoms with Crippen LogP contribution in [0.3, 0.4) is 0 Å². The SMILES string of the molecule is COc1ccc(C(=O)C2OCCC2C)cc1Br. The van der Waals surface area contributed by atoms with Gasteiger partial charge in [0.25, 0.3) is 0 Å². The van der Waals surface area contributed by atoms with E-state index in [9.17, 15) is 4.79 Å². The molecule has 1 aliphatic rings. The lowest BCUT2D eigenvalue weighted by molar-refractivity contribution is 0.0579. The van der Waals surface area contributed by atoms with Crippen molar-refractivity contribution in [3.05, 3.63) is 28.2 Å². The maximum Gasteiger partial charge on any atom is 0.191 e. The number of ether oxygens (including phenoxy) is 2. The Kier molecular flexibility index (Phi) is 3.84. The van der Waals surface area contributed by atoms with E-state index < -0.39 is 0 Å². The summed E-state index contributed by atoms with van der Waals surface area (Å²) in [6, 6.07) is 5.35. The zero-order valence-electron chi connectivity index (χ0n) is 9.90. The summed E-state index contributed by atoms with van der Waals surface area (Å²) in [4.78, 5) is 12.2. The quantitative estimate of drug-likeness (QED) is 0.805. The third-order valence-electron chi connectivity index (χ3n) is 3.08. The van der Waals surface area contributed by atoms with Crippen molar-refractivity contribution in [2.75, 3.05) is 13.7 Å². The van der Waals surface area contributed by atoms with Gasteiger partial charge in [0.1, 0.15) is 11.9 Å². The molecular weight excluding hydrogens is 284 g/mol. The minimum atomic E-state index is -0.296. The van der Waals surface area contributed by atoms with Crippen LogP contribution in [0, 0.1) is 5.92 Å². The van der Waals surface area contributed by atoms with Gasteiger partial charge in [0.15, 0.2) is 5.78 Å². The number of benzene rings is 1. The van der Waals surface area contributed by atoms with Crippen LogP contribution in [0.5, 0.6) is 5.75 Å². The number of hydrogen-bond donors (Lipinski definition) is 0. The van der Waals surface area contributed by atoms with Gasteiger partial charge < -0.3 is 9.47 Å². The molecule has 0 amide bonds. The average Bonchev–Trinajstić information content (AvgIpc) is 2.74.